The average molecular weight is 396 g/mol. The molecule has 1 aromatic carbocycles. The molecule has 130 valence electrons. The number of benzene rings is 1. The zero-order chi connectivity index (χ0) is 17.4. The van der Waals surface area contributed by atoms with Crippen molar-refractivity contribution in [1.82, 2.24) is 4.90 Å². The summed E-state index contributed by atoms with van der Waals surface area (Å²) in [6.45, 7) is 1.50. The van der Waals surface area contributed by atoms with Gasteiger partial charge in [-0.1, -0.05) is 6.07 Å². The van der Waals surface area contributed by atoms with E-state index in [-0.39, 0.29) is 5.91 Å². The van der Waals surface area contributed by atoms with Gasteiger partial charge in [-0.2, -0.15) is 0 Å². The number of rotatable bonds is 9. The van der Waals surface area contributed by atoms with Crippen LogP contribution >= 0.6 is 15.9 Å². The Kier molecular flexibility index (Phi) is 7.34. The second-order valence-electron chi connectivity index (χ2n) is 5.36. The largest absolute Gasteiger partial charge is 0.496 e. The van der Waals surface area contributed by atoms with Crippen LogP contribution in [0.25, 0.3) is 0 Å². The van der Waals surface area contributed by atoms with Gasteiger partial charge in [0.2, 0.25) is 5.91 Å². The van der Waals surface area contributed by atoms with E-state index in [1.807, 2.05) is 30.3 Å². The second kappa shape index (κ2) is 9.49. The summed E-state index contributed by atoms with van der Waals surface area (Å²) in [5.74, 6) is 1.63. The number of hydrogen-bond acceptors (Lipinski definition) is 4. The maximum absolute atomic E-state index is 12.5. The summed E-state index contributed by atoms with van der Waals surface area (Å²) in [5.41, 5.74) is 1.08. The molecule has 0 atom stereocenters. The molecular weight excluding hydrogens is 374 g/mol. The molecule has 0 saturated carbocycles. The zero-order valence-corrected chi connectivity index (χ0v) is 15.5. The number of ether oxygens (including phenoxy) is 2. The predicted octanol–water partition coefficient (Wildman–Crippen LogP) is 3.66. The van der Waals surface area contributed by atoms with Gasteiger partial charge in [0.1, 0.15) is 11.5 Å². The minimum atomic E-state index is 0.0791. The number of carbonyl (C=O) groups excluding carboxylic acids is 1. The molecule has 0 aliphatic rings. The molecule has 0 fully saturated rings. The Morgan fingerprint density at radius 1 is 1.29 bits per heavy atom. The van der Waals surface area contributed by atoms with Crippen LogP contribution in [0.5, 0.6) is 5.75 Å². The SMILES string of the molecule is COCCN(Cc1ccco1)C(=O)CCc1ccc(OC)c(Br)c1. The summed E-state index contributed by atoms with van der Waals surface area (Å²) >= 11 is 3.47. The first-order valence-corrected chi connectivity index (χ1v) is 8.55. The topological polar surface area (TPSA) is 51.9 Å². The van der Waals surface area contributed by atoms with Crippen LogP contribution in [0, 0.1) is 0 Å². The molecule has 6 heteroatoms. The molecule has 0 N–H and O–H groups in total. The van der Waals surface area contributed by atoms with Crippen molar-refractivity contribution in [1.29, 1.82) is 0 Å². The van der Waals surface area contributed by atoms with Crippen LogP contribution in [0.2, 0.25) is 0 Å². The molecule has 0 saturated heterocycles. The highest BCUT2D eigenvalue weighted by molar-refractivity contribution is 9.10. The van der Waals surface area contributed by atoms with Gasteiger partial charge in [-0.05, 0) is 52.2 Å². The van der Waals surface area contributed by atoms with Crippen molar-refractivity contribution >= 4 is 21.8 Å². The first kappa shape index (κ1) is 18.5. The lowest BCUT2D eigenvalue weighted by atomic mass is 10.1. The van der Waals surface area contributed by atoms with Crippen molar-refractivity contribution < 1.29 is 18.7 Å². The number of methoxy groups -OCH3 is 2. The normalized spacial score (nSPS) is 10.6. The van der Waals surface area contributed by atoms with E-state index >= 15 is 0 Å². The van der Waals surface area contributed by atoms with E-state index in [1.165, 1.54) is 0 Å². The Morgan fingerprint density at radius 3 is 2.75 bits per heavy atom. The van der Waals surface area contributed by atoms with Crippen molar-refractivity contribution in [3.05, 3.63) is 52.4 Å². The number of aryl methyl sites for hydroxylation is 1. The van der Waals surface area contributed by atoms with Gasteiger partial charge in [0, 0.05) is 20.1 Å². The molecule has 0 radical (unpaired) electrons. The molecular formula is C18H22BrNO4. The van der Waals surface area contributed by atoms with E-state index in [0.717, 1.165) is 21.5 Å². The van der Waals surface area contributed by atoms with Crippen molar-refractivity contribution in [3.63, 3.8) is 0 Å². The van der Waals surface area contributed by atoms with E-state index in [1.54, 1.807) is 25.4 Å². The van der Waals surface area contributed by atoms with Crippen molar-refractivity contribution in [3.8, 4) is 5.75 Å². The van der Waals surface area contributed by atoms with E-state index in [9.17, 15) is 4.79 Å². The molecule has 2 aromatic rings. The van der Waals surface area contributed by atoms with E-state index in [2.05, 4.69) is 15.9 Å². The lowest BCUT2D eigenvalue weighted by Crippen LogP contribution is -2.33. The van der Waals surface area contributed by atoms with Crippen LogP contribution < -0.4 is 4.74 Å². The van der Waals surface area contributed by atoms with Crippen molar-refractivity contribution in [2.45, 2.75) is 19.4 Å². The molecule has 0 unspecified atom stereocenters. The molecule has 24 heavy (non-hydrogen) atoms. The van der Waals surface area contributed by atoms with Crippen LogP contribution in [-0.2, 0) is 22.5 Å². The fourth-order valence-corrected chi connectivity index (χ4v) is 2.95. The van der Waals surface area contributed by atoms with Crippen LogP contribution in [0.4, 0.5) is 0 Å². The third-order valence-electron chi connectivity index (χ3n) is 3.69. The van der Waals surface area contributed by atoms with Gasteiger partial charge in [0.05, 0.1) is 31.0 Å². The highest BCUT2D eigenvalue weighted by Crippen LogP contribution is 2.26. The fourth-order valence-electron chi connectivity index (χ4n) is 2.36. The second-order valence-corrected chi connectivity index (χ2v) is 6.21. The van der Waals surface area contributed by atoms with Crippen molar-refractivity contribution in [2.75, 3.05) is 27.4 Å². The van der Waals surface area contributed by atoms with Crippen LogP contribution in [-0.4, -0.2) is 38.2 Å². The molecule has 0 spiro atoms. The lowest BCUT2D eigenvalue weighted by molar-refractivity contribution is -0.132. The Morgan fingerprint density at radius 2 is 2.12 bits per heavy atom. The Hall–Kier alpha value is -1.79. The summed E-state index contributed by atoms with van der Waals surface area (Å²) in [5, 5.41) is 0. The van der Waals surface area contributed by atoms with Gasteiger partial charge in [0.15, 0.2) is 0 Å². The van der Waals surface area contributed by atoms with Gasteiger partial charge < -0.3 is 18.8 Å². The van der Waals surface area contributed by atoms with Crippen LogP contribution in [0.3, 0.4) is 0 Å². The molecule has 1 aromatic heterocycles. The van der Waals surface area contributed by atoms with Gasteiger partial charge in [-0.25, -0.2) is 0 Å². The maximum atomic E-state index is 12.5. The lowest BCUT2D eigenvalue weighted by Gasteiger charge is -2.21. The highest BCUT2D eigenvalue weighted by atomic mass is 79.9. The third-order valence-corrected chi connectivity index (χ3v) is 4.31. The minimum Gasteiger partial charge on any atom is -0.496 e. The zero-order valence-electron chi connectivity index (χ0n) is 14.0. The molecule has 1 heterocycles. The molecule has 0 aliphatic carbocycles. The minimum absolute atomic E-state index is 0.0791. The number of furan rings is 1. The third kappa shape index (κ3) is 5.39. The molecule has 0 bridgehead atoms. The van der Waals surface area contributed by atoms with E-state index < -0.39 is 0 Å². The first-order chi connectivity index (χ1) is 11.6. The van der Waals surface area contributed by atoms with Gasteiger partial charge >= 0.3 is 0 Å². The number of halogens is 1. The summed E-state index contributed by atoms with van der Waals surface area (Å²) in [4.78, 5) is 14.3. The average Bonchev–Trinajstić information content (AvgIpc) is 3.09. The Balaban J connectivity index is 1.95. The predicted molar refractivity (Wildman–Crippen MR) is 95.0 cm³/mol. The van der Waals surface area contributed by atoms with Crippen LogP contribution in [0.15, 0.2) is 45.5 Å². The van der Waals surface area contributed by atoms with Gasteiger partial charge in [-0.3, -0.25) is 4.79 Å². The maximum Gasteiger partial charge on any atom is 0.223 e. The van der Waals surface area contributed by atoms with E-state index in [4.69, 9.17) is 13.9 Å². The number of hydrogen-bond donors (Lipinski definition) is 0. The first-order valence-electron chi connectivity index (χ1n) is 7.75. The number of amides is 1. The molecule has 5 nitrogen and oxygen atoms in total. The summed E-state index contributed by atoms with van der Waals surface area (Å²) in [7, 11) is 3.26. The Bertz CT molecular complexity index is 642. The van der Waals surface area contributed by atoms with Crippen LogP contribution in [0.1, 0.15) is 17.7 Å². The van der Waals surface area contributed by atoms with Crippen molar-refractivity contribution in [2.24, 2.45) is 0 Å². The quantitative estimate of drug-likeness (QED) is 0.649. The smallest absolute Gasteiger partial charge is 0.223 e. The summed E-state index contributed by atoms with van der Waals surface area (Å²) in [6.07, 6.45) is 2.72. The molecule has 2 rings (SSSR count). The molecule has 0 aliphatic heterocycles. The molecule has 1 amide bonds. The number of carbonyl (C=O) groups is 1. The number of nitrogens with zero attached hydrogens (tertiary/aromatic N) is 1. The van der Waals surface area contributed by atoms with Gasteiger partial charge in [-0.15, -0.1) is 0 Å². The Labute approximate surface area is 150 Å². The highest BCUT2D eigenvalue weighted by Gasteiger charge is 2.15. The fraction of sp³-hybridized carbons (Fsp3) is 0.389. The van der Waals surface area contributed by atoms with E-state index in [0.29, 0.717) is 32.5 Å². The summed E-state index contributed by atoms with van der Waals surface area (Å²) < 4.78 is 16.6. The van der Waals surface area contributed by atoms with Gasteiger partial charge in [0.25, 0.3) is 0 Å². The summed E-state index contributed by atoms with van der Waals surface area (Å²) in [6, 6.07) is 9.55. The standard InChI is InChI=1S/C18H22BrNO4/c1-22-11-9-20(13-15-4-3-10-24-15)18(21)8-6-14-5-7-17(23-2)16(19)12-14/h3-5,7,10,12H,6,8-9,11,13H2,1-2H3. The monoisotopic (exact) mass is 395 g/mol.